The number of benzene rings is 1. The third-order valence-corrected chi connectivity index (χ3v) is 3.96. The van der Waals surface area contributed by atoms with Gasteiger partial charge in [-0.05, 0) is 31.0 Å². The number of rotatable bonds is 3. The summed E-state index contributed by atoms with van der Waals surface area (Å²) in [5.74, 6) is 0.927. The van der Waals surface area contributed by atoms with Crippen LogP contribution in [0.2, 0.25) is 0 Å². The van der Waals surface area contributed by atoms with E-state index in [2.05, 4.69) is 28.4 Å². The van der Waals surface area contributed by atoms with Crippen LogP contribution in [0.4, 0.5) is 5.69 Å². The Morgan fingerprint density at radius 2 is 2.16 bits per heavy atom. The molecule has 4 nitrogen and oxygen atoms in total. The predicted octanol–water partition coefficient (Wildman–Crippen LogP) is 1.96. The average Bonchev–Trinajstić information content (AvgIpc) is 3.02. The molecule has 0 saturated carbocycles. The zero-order chi connectivity index (χ0) is 13.1. The lowest BCUT2D eigenvalue weighted by atomic mass is 10.1. The van der Waals surface area contributed by atoms with Crippen molar-refractivity contribution in [2.45, 2.75) is 18.9 Å². The topological polar surface area (TPSA) is 33.7 Å². The Morgan fingerprint density at radius 3 is 2.84 bits per heavy atom. The molecule has 2 fully saturated rings. The van der Waals surface area contributed by atoms with Gasteiger partial charge in [0.15, 0.2) is 0 Å². The monoisotopic (exact) mass is 262 g/mol. The standard InChI is InChI=1S/C15H22N2O2/c1-18-14-5-4-12(17-7-2-3-8-17)10-13(14)15-11-16-6-9-19-15/h4-5,10,15-16H,2-3,6-9,11H2,1H3. The van der Waals surface area contributed by atoms with Crippen LogP contribution in [-0.2, 0) is 4.74 Å². The molecule has 0 radical (unpaired) electrons. The summed E-state index contributed by atoms with van der Waals surface area (Å²) in [7, 11) is 1.73. The second-order valence-corrected chi connectivity index (χ2v) is 5.18. The van der Waals surface area contributed by atoms with Gasteiger partial charge < -0.3 is 19.7 Å². The third-order valence-electron chi connectivity index (χ3n) is 3.96. The van der Waals surface area contributed by atoms with E-state index in [1.165, 1.54) is 24.1 Å². The van der Waals surface area contributed by atoms with E-state index < -0.39 is 0 Å². The van der Waals surface area contributed by atoms with Crippen LogP contribution < -0.4 is 15.0 Å². The van der Waals surface area contributed by atoms with Crippen molar-refractivity contribution in [1.82, 2.24) is 5.32 Å². The number of nitrogens with zero attached hydrogens (tertiary/aromatic N) is 1. The first-order valence-electron chi connectivity index (χ1n) is 7.13. The van der Waals surface area contributed by atoms with Crippen molar-refractivity contribution in [3.63, 3.8) is 0 Å². The molecule has 1 N–H and O–H groups in total. The van der Waals surface area contributed by atoms with E-state index in [4.69, 9.17) is 9.47 Å². The highest BCUT2D eigenvalue weighted by Crippen LogP contribution is 2.33. The molecular formula is C15H22N2O2. The number of ether oxygens (including phenoxy) is 2. The fraction of sp³-hybridized carbons (Fsp3) is 0.600. The lowest BCUT2D eigenvalue weighted by Gasteiger charge is -2.27. The summed E-state index contributed by atoms with van der Waals surface area (Å²) in [6.07, 6.45) is 2.69. The summed E-state index contributed by atoms with van der Waals surface area (Å²) in [6.45, 7) is 4.89. The van der Waals surface area contributed by atoms with Crippen molar-refractivity contribution in [2.24, 2.45) is 0 Å². The molecule has 1 aromatic rings. The van der Waals surface area contributed by atoms with Crippen LogP contribution in [0, 0.1) is 0 Å². The number of morpholine rings is 1. The van der Waals surface area contributed by atoms with E-state index in [1.54, 1.807) is 7.11 Å². The first-order valence-corrected chi connectivity index (χ1v) is 7.13. The first-order chi connectivity index (χ1) is 9.38. The van der Waals surface area contributed by atoms with Gasteiger partial charge in [-0.25, -0.2) is 0 Å². The molecule has 0 amide bonds. The van der Waals surface area contributed by atoms with Crippen LogP contribution in [-0.4, -0.2) is 39.9 Å². The van der Waals surface area contributed by atoms with Gasteiger partial charge in [0.05, 0.1) is 19.8 Å². The number of hydrogen-bond acceptors (Lipinski definition) is 4. The SMILES string of the molecule is COc1ccc(N2CCCC2)cc1C1CNCCO1. The van der Waals surface area contributed by atoms with Crippen molar-refractivity contribution in [2.75, 3.05) is 44.8 Å². The predicted molar refractivity (Wildman–Crippen MR) is 76.0 cm³/mol. The molecule has 2 aliphatic heterocycles. The molecule has 19 heavy (non-hydrogen) atoms. The second-order valence-electron chi connectivity index (χ2n) is 5.18. The fourth-order valence-electron chi connectivity index (χ4n) is 2.91. The molecule has 0 bridgehead atoms. The van der Waals surface area contributed by atoms with Gasteiger partial charge in [0.25, 0.3) is 0 Å². The summed E-state index contributed by atoms with van der Waals surface area (Å²) >= 11 is 0. The third kappa shape index (κ3) is 2.69. The summed E-state index contributed by atoms with van der Waals surface area (Å²) in [5, 5.41) is 3.38. The van der Waals surface area contributed by atoms with E-state index in [1.807, 2.05) is 0 Å². The van der Waals surface area contributed by atoms with Crippen molar-refractivity contribution < 1.29 is 9.47 Å². The second kappa shape index (κ2) is 5.80. The number of nitrogens with one attached hydrogen (secondary N) is 1. The lowest BCUT2D eigenvalue weighted by molar-refractivity contribution is 0.0263. The highest BCUT2D eigenvalue weighted by atomic mass is 16.5. The molecular weight excluding hydrogens is 240 g/mol. The highest BCUT2D eigenvalue weighted by Gasteiger charge is 2.21. The Morgan fingerprint density at radius 1 is 1.32 bits per heavy atom. The zero-order valence-electron chi connectivity index (χ0n) is 11.5. The molecule has 4 heteroatoms. The maximum atomic E-state index is 5.86. The van der Waals surface area contributed by atoms with Crippen LogP contribution in [0.25, 0.3) is 0 Å². The maximum absolute atomic E-state index is 5.86. The maximum Gasteiger partial charge on any atom is 0.124 e. The Balaban J connectivity index is 1.87. The Hall–Kier alpha value is -1.26. The minimum atomic E-state index is 0.103. The Kier molecular flexibility index (Phi) is 3.89. The van der Waals surface area contributed by atoms with Gasteiger partial charge in [0.2, 0.25) is 0 Å². The van der Waals surface area contributed by atoms with Crippen LogP contribution in [0.3, 0.4) is 0 Å². The van der Waals surface area contributed by atoms with Gasteiger partial charge in [-0.3, -0.25) is 0 Å². The van der Waals surface area contributed by atoms with Gasteiger partial charge in [0.1, 0.15) is 5.75 Å². The van der Waals surface area contributed by atoms with Crippen LogP contribution >= 0.6 is 0 Å². The minimum Gasteiger partial charge on any atom is -0.496 e. The highest BCUT2D eigenvalue weighted by molar-refractivity contribution is 5.54. The van der Waals surface area contributed by atoms with Crippen molar-refractivity contribution in [3.05, 3.63) is 23.8 Å². The van der Waals surface area contributed by atoms with Crippen molar-refractivity contribution >= 4 is 5.69 Å². The molecule has 0 aliphatic carbocycles. The molecule has 2 saturated heterocycles. The minimum absolute atomic E-state index is 0.103. The summed E-state index contributed by atoms with van der Waals surface area (Å²) in [4.78, 5) is 2.44. The molecule has 1 unspecified atom stereocenters. The quantitative estimate of drug-likeness (QED) is 0.903. The Bertz CT molecular complexity index is 424. The fourth-order valence-corrected chi connectivity index (χ4v) is 2.91. The van der Waals surface area contributed by atoms with E-state index in [-0.39, 0.29) is 6.10 Å². The van der Waals surface area contributed by atoms with Crippen molar-refractivity contribution in [3.8, 4) is 5.75 Å². The van der Waals surface area contributed by atoms with E-state index in [0.29, 0.717) is 0 Å². The smallest absolute Gasteiger partial charge is 0.124 e. The van der Waals surface area contributed by atoms with Gasteiger partial charge in [-0.2, -0.15) is 0 Å². The van der Waals surface area contributed by atoms with E-state index in [0.717, 1.165) is 38.5 Å². The molecule has 2 aliphatic rings. The summed E-state index contributed by atoms with van der Waals surface area (Å²) in [6, 6.07) is 6.46. The van der Waals surface area contributed by atoms with Crippen LogP contribution in [0.1, 0.15) is 24.5 Å². The molecule has 2 heterocycles. The zero-order valence-corrected chi connectivity index (χ0v) is 11.5. The van der Waals surface area contributed by atoms with E-state index >= 15 is 0 Å². The number of methoxy groups -OCH3 is 1. The molecule has 1 atom stereocenters. The van der Waals surface area contributed by atoms with Gasteiger partial charge in [-0.1, -0.05) is 0 Å². The Labute approximate surface area is 114 Å². The van der Waals surface area contributed by atoms with Gasteiger partial charge in [0, 0.05) is 37.4 Å². The molecule has 0 spiro atoms. The normalized spacial score (nSPS) is 23.6. The number of hydrogen-bond donors (Lipinski definition) is 1. The first kappa shape index (κ1) is 12.8. The lowest BCUT2D eigenvalue weighted by Crippen LogP contribution is -2.33. The molecule has 0 aromatic heterocycles. The van der Waals surface area contributed by atoms with Crippen molar-refractivity contribution in [1.29, 1.82) is 0 Å². The summed E-state index contributed by atoms with van der Waals surface area (Å²) in [5.41, 5.74) is 2.46. The average molecular weight is 262 g/mol. The van der Waals surface area contributed by atoms with Crippen LogP contribution in [0.5, 0.6) is 5.75 Å². The largest absolute Gasteiger partial charge is 0.496 e. The molecule has 1 aromatic carbocycles. The summed E-state index contributed by atoms with van der Waals surface area (Å²) < 4.78 is 11.4. The van der Waals surface area contributed by atoms with Gasteiger partial charge >= 0.3 is 0 Å². The molecule has 104 valence electrons. The van der Waals surface area contributed by atoms with Crippen LogP contribution in [0.15, 0.2) is 18.2 Å². The van der Waals surface area contributed by atoms with E-state index in [9.17, 15) is 0 Å². The molecule has 3 rings (SSSR count). The van der Waals surface area contributed by atoms with Gasteiger partial charge in [-0.15, -0.1) is 0 Å². The number of anilines is 1.